The zero-order chi connectivity index (χ0) is 14.8. The standard InChI is InChI=1S/C17H21N3O/c1-20(2)11-10-18-17(21)16-12-6-3-4-8-14(12)19-15-9-5-7-13(15)16/h3-4,6,8H,5,7,9-11H2,1-2H3,(H,18,21)/p+1. The number of hydrogen-bond acceptors (Lipinski definition) is 2. The lowest BCUT2D eigenvalue weighted by atomic mass is 10.0. The summed E-state index contributed by atoms with van der Waals surface area (Å²) >= 11 is 0. The largest absolute Gasteiger partial charge is 0.346 e. The number of benzene rings is 1. The van der Waals surface area contributed by atoms with E-state index in [9.17, 15) is 4.79 Å². The molecule has 1 aliphatic carbocycles. The average Bonchev–Trinajstić information content (AvgIpc) is 2.91. The van der Waals surface area contributed by atoms with Crippen molar-refractivity contribution in [3.63, 3.8) is 0 Å². The summed E-state index contributed by atoms with van der Waals surface area (Å²) in [6, 6.07) is 7.96. The topological polar surface area (TPSA) is 46.4 Å². The predicted molar refractivity (Wildman–Crippen MR) is 83.8 cm³/mol. The molecule has 2 aromatic rings. The molecule has 0 saturated heterocycles. The lowest BCUT2D eigenvalue weighted by Gasteiger charge is -2.13. The number of nitrogens with one attached hydrogen (secondary N) is 2. The highest BCUT2D eigenvalue weighted by Crippen LogP contribution is 2.29. The second-order valence-electron chi connectivity index (χ2n) is 6.00. The number of rotatable bonds is 4. The maximum Gasteiger partial charge on any atom is 0.252 e. The van der Waals surface area contributed by atoms with E-state index in [1.165, 1.54) is 4.90 Å². The molecule has 0 radical (unpaired) electrons. The fourth-order valence-corrected chi connectivity index (χ4v) is 2.98. The van der Waals surface area contributed by atoms with Crippen LogP contribution in [0.5, 0.6) is 0 Å². The Morgan fingerprint density at radius 3 is 2.90 bits per heavy atom. The monoisotopic (exact) mass is 284 g/mol. The molecule has 0 aliphatic heterocycles. The van der Waals surface area contributed by atoms with Crippen molar-refractivity contribution in [3.05, 3.63) is 41.1 Å². The normalized spacial score (nSPS) is 13.7. The van der Waals surface area contributed by atoms with E-state index >= 15 is 0 Å². The number of aromatic nitrogens is 1. The van der Waals surface area contributed by atoms with Crippen LogP contribution in [0.15, 0.2) is 24.3 Å². The average molecular weight is 284 g/mol. The van der Waals surface area contributed by atoms with Crippen LogP contribution in [0.3, 0.4) is 0 Å². The van der Waals surface area contributed by atoms with Crippen molar-refractivity contribution >= 4 is 16.8 Å². The number of quaternary nitrogens is 1. The molecule has 21 heavy (non-hydrogen) atoms. The van der Waals surface area contributed by atoms with Crippen LogP contribution in [-0.4, -0.2) is 38.1 Å². The third kappa shape index (κ3) is 2.76. The summed E-state index contributed by atoms with van der Waals surface area (Å²) in [4.78, 5) is 18.7. The van der Waals surface area contributed by atoms with Gasteiger partial charge in [-0.15, -0.1) is 0 Å². The first-order valence-corrected chi connectivity index (χ1v) is 7.64. The van der Waals surface area contributed by atoms with Crippen molar-refractivity contribution in [3.8, 4) is 0 Å². The van der Waals surface area contributed by atoms with Gasteiger partial charge in [-0.25, -0.2) is 0 Å². The fraction of sp³-hybridized carbons (Fsp3) is 0.412. The summed E-state index contributed by atoms with van der Waals surface area (Å²) in [5.74, 6) is 0.0491. The van der Waals surface area contributed by atoms with Gasteiger partial charge in [0.15, 0.2) is 0 Å². The molecule has 0 bridgehead atoms. The SMILES string of the molecule is C[NH+](C)CCNC(=O)c1c2c(nc3ccccc13)CCC2. The van der Waals surface area contributed by atoms with Gasteiger partial charge in [-0.2, -0.15) is 0 Å². The van der Waals surface area contributed by atoms with Crippen LogP contribution in [0.4, 0.5) is 0 Å². The van der Waals surface area contributed by atoms with Crippen molar-refractivity contribution in [2.75, 3.05) is 27.2 Å². The Bertz CT molecular complexity index is 679. The van der Waals surface area contributed by atoms with Crippen molar-refractivity contribution in [2.24, 2.45) is 0 Å². The van der Waals surface area contributed by atoms with Gasteiger partial charge in [-0.1, -0.05) is 18.2 Å². The lowest BCUT2D eigenvalue weighted by molar-refractivity contribution is -0.856. The third-order valence-corrected chi connectivity index (χ3v) is 4.06. The van der Waals surface area contributed by atoms with Crippen molar-refractivity contribution < 1.29 is 9.69 Å². The highest BCUT2D eigenvalue weighted by atomic mass is 16.1. The van der Waals surface area contributed by atoms with E-state index in [0.29, 0.717) is 6.54 Å². The van der Waals surface area contributed by atoms with Gasteiger partial charge >= 0.3 is 0 Å². The van der Waals surface area contributed by atoms with Gasteiger partial charge < -0.3 is 10.2 Å². The van der Waals surface area contributed by atoms with Crippen molar-refractivity contribution in [2.45, 2.75) is 19.3 Å². The molecule has 1 amide bonds. The fourth-order valence-electron chi connectivity index (χ4n) is 2.98. The Hall–Kier alpha value is -1.94. The number of nitrogens with zero attached hydrogens (tertiary/aromatic N) is 1. The number of fused-ring (bicyclic) bond motifs is 2. The molecule has 2 N–H and O–H groups in total. The van der Waals surface area contributed by atoms with Crippen LogP contribution in [0.1, 0.15) is 28.0 Å². The van der Waals surface area contributed by atoms with Crippen LogP contribution < -0.4 is 10.2 Å². The number of pyridine rings is 1. The molecule has 1 aliphatic rings. The van der Waals surface area contributed by atoms with Crippen molar-refractivity contribution in [1.82, 2.24) is 10.3 Å². The number of carbonyl (C=O) groups excluding carboxylic acids is 1. The van der Waals surface area contributed by atoms with Gasteiger partial charge in [0.1, 0.15) is 0 Å². The minimum absolute atomic E-state index is 0.0491. The number of para-hydroxylation sites is 1. The number of carbonyl (C=O) groups is 1. The molecule has 1 aromatic carbocycles. The summed E-state index contributed by atoms with van der Waals surface area (Å²) < 4.78 is 0. The van der Waals surface area contributed by atoms with Crippen LogP contribution >= 0.6 is 0 Å². The third-order valence-electron chi connectivity index (χ3n) is 4.06. The highest BCUT2D eigenvalue weighted by molar-refractivity contribution is 6.07. The zero-order valence-electron chi connectivity index (χ0n) is 12.7. The first kappa shape index (κ1) is 14.0. The quantitative estimate of drug-likeness (QED) is 0.863. The Balaban J connectivity index is 1.98. The van der Waals surface area contributed by atoms with Crippen LogP contribution in [0.25, 0.3) is 10.9 Å². The Morgan fingerprint density at radius 2 is 2.10 bits per heavy atom. The molecule has 110 valence electrons. The molecule has 1 aromatic heterocycles. The molecule has 1 heterocycles. The Labute approximate surface area is 125 Å². The van der Waals surface area contributed by atoms with Crippen molar-refractivity contribution in [1.29, 1.82) is 0 Å². The van der Waals surface area contributed by atoms with Gasteiger partial charge in [-0.3, -0.25) is 9.78 Å². The van der Waals surface area contributed by atoms with E-state index in [0.717, 1.165) is 53.5 Å². The minimum Gasteiger partial charge on any atom is -0.346 e. The maximum absolute atomic E-state index is 12.7. The number of aryl methyl sites for hydroxylation is 1. The van der Waals surface area contributed by atoms with E-state index in [1.54, 1.807) is 0 Å². The Morgan fingerprint density at radius 1 is 1.29 bits per heavy atom. The molecule has 0 atom stereocenters. The van der Waals surface area contributed by atoms with Gasteiger partial charge in [0.2, 0.25) is 0 Å². The smallest absolute Gasteiger partial charge is 0.252 e. The van der Waals surface area contributed by atoms with E-state index in [2.05, 4.69) is 19.4 Å². The van der Waals surface area contributed by atoms with E-state index < -0.39 is 0 Å². The van der Waals surface area contributed by atoms with Gasteiger partial charge in [0.05, 0.1) is 38.3 Å². The molecule has 4 heteroatoms. The zero-order valence-corrected chi connectivity index (χ0v) is 12.7. The molecular weight excluding hydrogens is 262 g/mol. The lowest BCUT2D eigenvalue weighted by Crippen LogP contribution is -3.06. The molecule has 0 saturated carbocycles. The van der Waals surface area contributed by atoms with Gasteiger partial charge in [0.25, 0.3) is 5.91 Å². The summed E-state index contributed by atoms with van der Waals surface area (Å²) in [7, 11) is 4.18. The van der Waals surface area contributed by atoms with Crippen LogP contribution in [-0.2, 0) is 12.8 Å². The molecule has 4 nitrogen and oxygen atoms in total. The molecule has 0 unspecified atom stereocenters. The first-order valence-electron chi connectivity index (χ1n) is 7.64. The van der Waals surface area contributed by atoms with Gasteiger partial charge in [-0.05, 0) is 30.9 Å². The summed E-state index contributed by atoms with van der Waals surface area (Å²) in [6.45, 7) is 1.63. The maximum atomic E-state index is 12.7. The van der Waals surface area contributed by atoms with Crippen LogP contribution in [0, 0.1) is 0 Å². The molecule has 0 spiro atoms. The predicted octanol–water partition coefficient (Wildman–Crippen LogP) is 0.598. The highest BCUT2D eigenvalue weighted by Gasteiger charge is 2.23. The Kier molecular flexibility index (Phi) is 3.88. The summed E-state index contributed by atoms with van der Waals surface area (Å²) in [6.07, 6.45) is 3.05. The summed E-state index contributed by atoms with van der Waals surface area (Å²) in [5, 5.41) is 4.04. The molecule has 0 fully saturated rings. The van der Waals surface area contributed by atoms with E-state index in [-0.39, 0.29) is 5.91 Å². The number of likely N-dealkylation sites (N-methyl/N-ethyl adjacent to an activating group) is 1. The minimum atomic E-state index is 0.0491. The molecule has 3 rings (SSSR count). The van der Waals surface area contributed by atoms with Crippen LogP contribution in [0.2, 0.25) is 0 Å². The number of hydrogen-bond donors (Lipinski definition) is 2. The molecular formula is C17H22N3O+. The second-order valence-corrected chi connectivity index (χ2v) is 6.00. The summed E-state index contributed by atoms with van der Waals surface area (Å²) in [5.41, 5.74) is 4.05. The number of amides is 1. The van der Waals surface area contributed by atoms with E-state index in [1.807, 2.05) is 24.3 Å². The van der Waals surface area contributed by atoms with E-state index in [4.69, 9.17) is 4.98 Å². The second kappa shape index (κ2) is 5.82. The van der Waals surface area contributed by atoms with Gasteiger partial charge in [0, 0.05) is 11.1 Å². The first-order chi connectivity index (χ1) is 10.2.